The zero-order chi connectivity index (χ0) is 21.2. The zero-order valence-corrected chi connectivity index (χ0v) is 16.5. The molecule has 29 heavy (non-hydrogen) atoms. The Labute approximate surface area is 167 Å². The van der Waals surface area contributed by atoms with Gasteiger partial charge in [-0.05, 0) is 36.6 Å². The average molecular weight is 409 g/mol. The molecule has 0 saturated carbocycles. The summed E-state index contributed by atoms with van der Waals surface area (Å²) in [6.07, 6.45) is -3.58. The van der Waals surface area contributed by atoms with Crippen molar-refractivity contribution in [3.8, 4) is 17.0 Å². The summed E-state index contributed by atoms with van der Waals surface area (Å²) in [6, 6.07) is 5.50. The Bertz CT molecular complexity index is 901. The molecule has 0 fully saturated rings. The molecule has 0 amide bonds. The quantitative estimate of drug-likeness (QED) is 0.484. The fourth-order valence-electron chi connectivity index (χ4n) is 3.45. The Balaban J connectivity index is 1.85. The van der Waals surface area contributed by atoms with Gasteiger partial charge in [0.25, 0.3) is 12.9 Å². The number of halogens is 4. The predicted octanol–water partition coefficient (Wildman–Crippen LogP) is 5.90. The van der Waals surface area contributed by atoms with E-state index in [4.69, 9.17) is 4.74 Å². The standard InChI is InChI=1S/C21H23F4N3O/c1-12(2)9-21(3,17-10-27-17)11-29-16-5-4-14(28-18(16)20(24)25)13-6-7-26-15(8-13)19(22)23/h4-8,12,19-20H,9-11H2,1-3H3/t21-/m0/s1. The van der Waals surface area contributed by atoms with Crippen molar-refractivity contribution in [1.29, 1.82) is 0 Å². The SMILES string of the molecule is CC(C)C[C@@](C)(COc1ccc(-c2ccnc(C(F)F)c2)nc1C(F)F)C1=NC1. The van der Waals surface area contributed by atoms with Crippen molar-refractivity contribution >= 4 is 5.71 Å². The summed E-state index contributed by atoms with van der Waals surface area (Å²) in [7, 11) is 0. The highest BCUT2D eigenvalue weighted by Gasteiger charge is 2.37. The van der Waals surface area contributed by atoms with Crippen LogP contribution < -0.4 is 4.74 Å². The molecule has 0 aliphatic carbocycles. The number of ether oxygens (including phenoxy) is 1. The molecule has 8 heteroatoms. The largest absolute Gasteiger partial charge is 0.490 e. The molecule has 1 aliphatic rings. The second-order valence-electron chi connectivity index (χ2n) is 7.86. The van der Waals surface area contributed by atoms with Gasteiger partial charge in [-0.15, -0.1) is 0 Å². The number of nitrogens with zero attached hydrogens (tertiary/aromatic N) is 3. The number of alkyl halides is 4. The van der Waals surface area contributed by atoms with Crippen LogP contribution in [0.1, 0.15) is 51.4 Å². The first-order chi connectivity index (χ1) is 13.7. The van der Waals surface area contributed by atoms with Gasteiger partial charge in [0, 0.05) is 22.9 Å². The van der Waals surface area contributed by atoms with Crippen molar-refractivity contribution in [2.24, 2.45) is 16.3 Å². The number of pyridine rings is 2. The molecule has 3 heterocycles. The third-order valence-electron chi connectivity index (χ3n) is 4.81. The molecule has 0 N–H and O–H groups in total. The molecule has 0 unspecified atom stereocenters. The van der Waals surface area contributed by atoms with Crippen LogP contribution in [0.15, 0.2) is 35.5 Å². The van der Waals surface area contributed by atoms with Gasteiger partial charge in [-0.1, -0.05) is 20.8 Å². The second-order valence-corrected chi connectivity index (χ2v) is 7.86. The highest BCUT2D eigenvalue weighted by Crippen LogP contribution is 2.36. The van der Waals surface area contributed by atoms with Crippen LogP contribution in [-0.2, 0) is 0 Å². The molecule has 0 spiro atoms. The fraction of sp³-hybridized carbons (Fsp3) is 0.476. The van der Waals surface area contributed by atoms with Crippen LogP contribution in [0, 0.1) is 11.3 Å². The summed E-state index contributed by atoms with van der Waals surface area (Å²) in [5.74, 6) is 0.390. The summed E-state index contributed by atoms with van der Waals surface area (Å²) in [4.78, 5) is 11.8. The van der Waals surface area contributed by atoms with E-state index < -0.39 is 24.2 Å². The lowest BCUT2D eigenvalue weighted by molar-refractivity contribution is 0.133. The number of aliphatic imine (C=N–C) groups is 1. The van der Waals surface area contributed by atoms with Crippen LogP contribution in [0.5, 0.6) is 5.75 Å². The molecule has 156 valence electrons. The summed E-state index contributed by atoms with van der Waals surface area (Å²) in [5, 5.41) is 0. The van der Waals surface area contributed by atoms with Crippen molar-refractivity contribution in [3.05, 3.63) is 41.9 Å². The van der Waals surface area contributed by atoms with Crippen molar-refractivity contribution in [2.45, 2.75) is 40.0 Å². The van der Waals surface area contributed by atoms with E-state index in [1.54, 1.807) is 0 Å². The van der Waals surface area contributed by atoms with Gasteiger partial charge in [0.1, 0.15) is 17.1 Å². The topological polar surface area (TPSA) is 47.4 Å². The van der Waals surface area contributed by atoms with Crippen LogP contribution in [0.2, 0.25) is 0 Å². The third-order valence-corrected chi connectivity index (χ3v) is 4.81. The highest BCUT2D eigenvalue weighted by atomic mass is 19.3. The van der Waals surface area contributed by atoms with Gasteiger partial charge in [0.05, 0.1) is 18.8 Å². The lowest BCUT2D eigenvalue weighted by Gasteiger charge is -2.28. The van der Waals surface area contributed by atoms with Gasteiger partial charge >= 0.3 is 0 Å². The van der Waals surface area contributed by atoms with Crippen molar-refractivity contribution in [3.63, 3.8) is 0 Å². The molecule has 0 radical (unpaired) electrons. The highest BCUT2D eigenvalue weighted by molar-refractivity contribution is 6.01. The lowest BCUT2D eigenvalue weighted by atomic mass is 9.80. The smallest absolute Gasteiger partial charge is 0.284 e. The normalized spacial score (nSPS) is 15.6. The van der Waals surface area contributed by atoms with Crippen LogP contribution >= 0.6 is 0 Å². The number of hydrogen-bond donors (Lipinski definition) is 0. The lowest BCUT2D eigenvalue weighted by Crippen LogP contribution is -2.32. The van der Waals surface area contributed by atoms with Crippen LogP contribution in [-0.4, -0.2) is 28.8 Å². The van der Waals surface area contributed by atoms with Gasteiger partial charge in [-0.25, -0.2) is 22.5 Å². The summed E-state index contributed by atoms with van der Waals surface area (Å²) < 4.78 is 58.8. The van der Waals surface area contributed by atoms with Gasteiger partial charge in [-0.3, -0.25) is 9.98 Å². The maximum atomic E-state index is 13.6. The van der Waals surface area contributed by atoms with Gasteiger partial charge in [-0.2, -0.15) is 0 Å². The van der Waals surface area contributed by atoms with E-state index in [9.17, 15) is 17.6 Å². The van der Waals surface area contributed by atoms with E-state index in [1.807, 2.05) is 6.92 Å². The molecular weight excluding hydrogens is 386 g/mol. The van der Waals surface area contributed by atoms with Gasteiger partial charge in [0.2, 0.25) is 0 Å². The molecule has 2 aromatic rings. The summed E-state index contributed by atoms with van der Waals surface area (Å²) in [5.41, 5.74) is 0.226. The van der Waals surface area contributed by atoms with E-state index in [0.717, 1.165) is 18.2 Å². The predicted molar refractivity (Wildman–Crippen MR) is 103 cm³/mol. The number of rotatable bonds is 9. The van der Waals surface area contributed by atoms with E-state index in [-0.39, 0.29) is 23.5 Å². The molecule has 0 aromatic carbocycles. The monoisotopic (exact) mass is 409 g/mol. The molecule has 0 bridgehead atoms. The van der Waals surface area contributed by atoms with E-state index in [0.29, 0.717) is 18.0 Å². The first-order valence-corrected chi connectivity index (χ1v) is 9.40. The minimum Gasteiger partial charge on any atom is -0.490 e. The Hall–Kier alpha value is -2.51. The number of aromatic nitrogens is 2. The summed E-state index contributed by atoms with van der Waals surface area (Å²) >= 11 is 0. The molecule has 1 atom stereocenters. The fourth-order valence-corrected chi connectivity index (χ4v) is 3.45. The first-order valence-electron chi connectivity index (χ1n) is 9.40. The van der Waals surface area contributed by atoms with E-state index in [2.05, 4.69) is 28.8 Å². The maximum absolute atomic E-state index is 13.6. The van der Waals surface area contributed by atoms with Crippen LogP contribution in [0.3, 0.4) is 0 Å². The molecule has 0 saturated heterocycles. The Kier molecular flexibility index (Phi) is 6.19. The van der Waals surface area contributed by atoms with Crippen molar-refractivity contribution in [2.75, 3.05) is 13.2 Å². The number of hydrogen-bond acceptors (Lipinski definition) is 4. The molecule has 2 aromatic heterocycles. The average Bonchev–Trinajstić information content (AvgIpc) is 3.51. The Morgan fingerprint density at radius 2 is 1.83 bits per heavy atom. The van der Waals surface area contributed by atoms with Gasteiger partial charge in [0.15, 0.2) is 0 Å². The molecular formula is C21H23F4N3O. The minimum atomic E-state index is -2.86. The molecule has 1 aliphatic heterocycles. The first kappa shape index (κ1) is 21.2. The van der Waals surface area contributed by atoms with Gasteiger partial charge < -0.3 is 4.74 Å². The molecule has 3 rings (SSSR count). The Morgan fingerprint density at radius 1 is 1.10 bits per heavy atom. The van der Waals surface area contributed by atoms with Crippen molar-refractivity contribution in [1.82, 2.24) is 9.97 Å². The van der Waals surface area contributed by atoms with Crippen LogP contribution in [0.25, 0.3) is 11.3 Å². The van der Waals surface area contributed by atoms with Crippen molar-refractivity contribution < 1.29 is 22.3 Å². The summed E-state index contributed by atoms with van der Waals surface area (Å²) in [6.45, 7) is 7.09. The Morgan fingerprint density at radius 3 is 2.41 bits per heavy atom. The molecule has 4 nitrogen and oxygen atoms in total. The third kappa shape index (κ3) is 5.10. The zero-order valence-electron chi connectivity index (χ0n) is 16.5. The maximum Gasteiger partial charge on any atom is 0.284 e. The second kappa shape index (κ2) is 8.47. The van der Waals surface area contributed by atoms with E-state index in [1.165, 1.54) is 24.4 Å². The van der Waals surface area contributed by atoms with E-state index >= 15 is 0 Å². The van der Waals surface area contributed by atoms with Crippen LogP contribution in [0.4, 0.5) is 17.6 Å². The minimum absolute atomic E-state index is 0.0110.